The number of hydrogen-bond donors (Lipinski definition) is 1. The van der Waals surface area contributed by atoms with Gasteiger partial charge in [-0.25, -0.2) is 14.3 Å². The largest absolute Gasteiger partial charge is 0.473 e. The molecule has 0 saturated heterocycles. The van der Waals surface area contributed by atoms with Crippen LogP contribution in [0.1, 0.15) is 44.7 Å². The molecule has 1 unspecified atom stereocenters. The molecule has 0 fully saturated rings. The smallest absolute Gasteiger partial charge is 0.302 e. The Morgan fingerprint density at radius 2 is 1.80 bits per heavy atom. The van der Waals surface area contributed by atoms with Gasteiger partial charge in [-0.05, 0) is 37.5 Å². The van der Waals surface area contributed by atoms with Crippen molar-refractivity contribution >= 4 is 19.0 Å². The first-order valence-corrected chi connectivity index (χ1v) is 14.4. The lowest BCUT2D eigenvalue weighted by molar-refractivity contribution is -0.137. The van der Waals surface area contributed by atoms with Crippen LogP contribution in [0.2, 0.25) is 0 Å². The van der Waals surface area contributed by atoms with Crippen molar-refractivity contribution in [3.63, 3.8) is 0 Å². The van der Waals surface area contributed by atoms with Gasteiger partial charge in [-0.2, -0.15) is 18.3 Å². The van der Waals surface area contributed by atoms with E-state index in [2.05, 4.69) is 10.1 Å². The Kier molecular flexibility index (Phi) is 9.02. The number of phosphoric ester groups is 1. The van der Waals surface area contributed by atoms with Crippen LogP contribution in [-0.2, 0) is 46.2 Å². The van der Waals surface area contributed by atoms with Crippen LogP contribution in [-0.4, -0.2) is 40.0 Å². The van der Waals surface area contributed by atoms with E-state index in [-0.39, 0.29) is 43.2 Å². The van der Waals surface area contributed by atoms with E-state index >= 15 is 0 Å². The number of alkyl halides is 3. The van der Waals surface area contributed by atoms with Crippen LogP contribution in [0.5, 0.6) is 0 Å². The molecule has 0 aliphatic carbocycles. The molecule has 1 aromatic carbocycles. The number of aryl methyl sites for hydroxylation is 1. The molecule has 3 heterocycles. The summed E-state index contributed by atoms with van der Waals surface area (Å²) in [5.74, 6) is 0.0960. The van der Waals surface area contributed by atoms with Crippen LogP contribution in [0, 0.1) is 0 Å². The molecule has 4 aromatic rings. The lowest BCUT2D eigenvalue weighted by Crippen LogP contribution is -2.40. The van der Waals surface area contributed by atoms with Crippen molar-refractivity contribution in [2.24, 2.45) is 0 Å². The summed E-state index contributed by atoms with van der Waals surface area (Å²) in [4.78, 5) is 41.2. The second kappa shape index (κ2) is 12.1. The quantitative estimate of drug-likeness (QED) is 0.240. The number of hydrogen-bond acceptors (Lipinski definition) is 7. The molecule has 0 radical (unpaired) electrons. The summed E-state index contributed by atoms with van der Waals surface area (Å²) in [7, 11) is -4.51. The minimum atomic E-state index is -4.51. The first kappa shape index (κ1) is 30.4. The molecule has 1 atom stereocenters. The summed E-state index contributed by atoms with van der Waals surface area (Å²) >= 11 is 0. The van der Waals surface area contributed by atoms with E-state index in [0.717, 1.165) is 16.7 Å². The van der Waals surface area contributed by atoms with E-state index in [1.807, 2.05) is 6.92 Å². The third-order valence-electron chi connectivity index (χ3n) is 6.18. The standard InChI is InChI=1S/C25H30F3N6O6P/c1-4-10-33-23(35)20-22(32(6-3)24(33)36)30-21(34(20)16-40-41(37,38)39-11-5-2)18-13-29-31(15-18)14-17-8-7-9-19(12-17)25(26,27)28/h7-9,12-13,15H,4-6,10-11,14,16H2,1-3H3,(H,37,38). The van der Waals surface area contributed by atoms with Crippen LogP contribution in [0.25, 0.3) is 22.6 Å². The fourth-order valence-electron chi connectivity index (χ4n) is 4.32. The van der Waals surface area contributed by atoms with Crippen LogP contribution in [0.15, 0.2) is 46.2 Å². The second-order valence-electron chi connectivity index (χ2n) is 9.20. The predicted molar refractivity (Wildman–Crippen MR) is 143 cm³/mol. The molecule has 0 aliphatic rings. The normalized spacial score (nSPS) is 13.6. The average molecular weight is 599 g/mol. The minimum absolute atomic E-state index is 0.000319. The highest BCUT2D eigenvalue weighted by Crippen LogP contribution is 2.44. The second-order valence-corrected chi connectivity index (χ2v) is 10.7. The highest BCUT2D eigenvalue weighted by atomic mass is 31.2. The van der Waals surface area contributed by atoms with E-state index < -0.39 is 37.5 Å². The number of halogens is 3. The van der Waals surface area contributed by atoms with Crippen molar-refractivity contribution < 1.29 is 31.7 Å². The Morgan fingerprint density at radius 3 is 2.46 bits per heavy atom. The van der Waals surface area contributed by atoms with Gasteiger partial charge in [0.25, 0.3) is 5.56 Å². The molecule has 0 saturated carbocycles. The van der Waals surface area contributed by atoms with Crippen LogP contribution in [0.3, 0.4) is 0 Å². The fraction of sp³-hybridized carbons (Fsp3) is 0.440. The molecule has 41 heavy (non-hydrogen) atoms. The van der Waals surface area contributed by atoms with Gasteiger partial charge in [0.2, 0.25) is 0 Å². The SMILES string of the molecule is CCCOP(=O)(O)OCn1c(-c2cnn(Cc3cccc(C(F)(F)F)c3)c2)nc2c1c(=O)n(CCC)c(=O)n2CC. The van der Waals surface area contributed by atoms with Crippen molar-refractivity contribution in [2.75, 3.05) is 6.61 Å². The molecule has 222 valence electrons. The van der Waals surface area contributed by atoms with Crippen LogP contribution >= 0.6 is 7.82 Å². The Morgan fingerprint density at radius 1 is 1.05 bits per heavy atom. The zero-order chi connectivity index (χ0) is 29.9. The monoisotopic (exact) mass is 598 g/mol. The van der Waals surface area contributed by atoms with Crippen molar-refractivity contribution in [2.45, 2.75) is 66.2 Å². The highest BCUT2D eigenvalue weighted by Gasteiger charge is 2.30. The molecular weight excluding hydrogens is 568 g/mol. The van der Waals surface area contributed by atoms with E-state index in [0.29, 0.717) is 24.0 Å². The van der Waals surface area contributed by atoms with Crippen LogP contribution in [0.4, 0.5) is 13.2 Å². The maximum atomic E-state index is 13.5. The first-order valence-electron chi connectivity index (χ1n) is 12.9. The summed E-state index contributed by atoms with van der Waals surface area (Å²) < 4.78 is 67.0. The molecule has 1 N–H and O–H groups in total. The highest BCUT2D eigenvalue weighted by molar-refractivity contribution is 7.47. The zero-order valence-electron chi connectivity index (χ0n) is 22.7. The fourth-order valence-corrected chi connectivity index (χ4v) is 5.06. The van der Waals surface area contributed by atoms with Gasteiger partial charge < -0.3 is 4.89 Å². The molecular formula is C25H30F3N6O6P. The third-order valence-corrected chi connectivity index (χ3v) is 7.13. The molecule has 0 spiro atoms. The number of phosphoric acid groups is 1. The maximum Gasteiger partial charge on any atom is 0.473 e. The van der Waals surface area contributed by atoms with Gasteiger partial charge in [0.15, 0.2) is 11.2 Å². The Balaban J connectivity index is 1.82. The number of fused-ring (bicyclic) bond motifs is 1. The molecule has 4 rings (SSSR count). The van der Waals surface area contributed by atoms with Gasteiger partial charge in [-0.1, -0.05) is 26.0 Å². The summed E-state index contributed by atoms with van der Waals surface area (Å²) in [6.07, 6.45) is -0.647. The summed E-state index contributed by atoms with van der Waals surface area (Å²) in [5, 5.41) is 4.23. The lowest BCUT2D eigenvalue weighted by Gasteiger charge is -2.14. The van der Waals surface area contributed by atoms with Gasteiger partial charge >= 0.3 is 19.7 Å². The third kappa shape index (κ3) is 6.53. The predicted octanol–water partition coefficient (Wildman–Crippen LogP) is 4.22. The van der Waals surface area contributed by atoms with E-state index in [1.165, 1.54) is 38.3 Å². The summed E-state index contributed by atoms with van der Waals surface area (Å²) in [5.41, 5.74) is -1.31. The Hall–Kier alpha value is -3.52. The van der Waals surface area contributed by atoms with E-state index in [9.17, 15) is 32.2 Å². The van der Waals surface area contributed by atoms with Gasteiger partial charge in [-0.15, -0.1) is 0 Å². The molecule has 16 heteroatoms. The van der Waals surface area contributed by atoms with Crippen molar-refractivity contribution in [1.82, 2.24) is 28.5 Å². The van der Waals surface area contributed by atoms with Gasteiger partial charge in [0, 0.05) is 19.3 Å². The van der Waals surface area contributed by atoms with Crippen molar-refractivity contribution in [3.8, 4) is 11.4 Å². The maximum absolute atomic E-state index is 13.5. The minimum Gasteiger partial charge on any atom is -0.302 e. The van der Waals surface area contributed by atoms with Crippen LogP contribution < -0.4 is 11.2 Å². The number of imidazole rings is 1. The molecule has 0 bridgehead atoms. The van der Waals surface area contributed by atoms with Gasteiger partial charge in [0.1, 0.15) is 12.6 Å². The number of rotatable bonds is 12. The molecule has 12 nitrogen and oxygen atoms in total. The summed E-state index contributed by atoms with van der Waals surface area (Å²) in [6, 6.07) is 4.84. The number of nitrogens with zero attached hydrogens (tertiary/aromatic N) is 6. The van der Waals surface area contributed by atoms with Gasteiger partial charge in [0.05, 0.1) is 30.5 Å². The van der Waals surface area contributed by atoms with Gasteiger partial charge in [-0.3, -0.25) is 32.2 Å². The lowest BCUT2D eigenvalue weighted by atomic mass is 10.1. The van der Waals surface area contributed by atoms with Crippen molar-refractivity contribution in [1.29, 1.82) is 0 Å². The molecule has 0 aliphatic heterocycles. The zero-order valence-corrected chi connectivity index (χ0v) is 23.6. The number of aromatic nitrogens is 6. The Labute approximate surface area is 232 Å². The molecule has 0 amide bonds. The number of benzene rings is 1. The van der Waals surface area contributed by atoms with E-state index in [1.54, 1.807) is 13.8 Å². The first-order chi connectivity index (χ1) is 19.4. The molecule has 3 aromatic heterocycles. The Bertz CT molecular complexity index is 1710. The van der Waals surface area contributed by atoms with Crippen molar-refractivity contribution in [3.05, 3.63) is 68.6 Å². The van der Waals surface area contributed by atoms with E-state index in [4.69, 9.17) is 9.05 Å². The average Bonchev–Trinajstić information content (AvgIpc) is 3.53. The summed E-state index contributed by atoms with van der Waals surface area (Å²) in [6.45, 7) is 4.94. The topological polar surface area (TPSA) is 135 Å².